The molecule has 0 amide bonds. The van der Waals surface area contributed by atoms with E-state index in [-0.39, 0.29) is 30.8 Å². The van der Waals surface area contributed by atoms with E-state index in [1.54, 1.807) is 0 Å². The van der Waals surface area contributed by atoms with E-state index in [4.69, 9.17) is 5.73 Å². The first-order chi connectivity index (χ1) is 13.0. The summed E-state index contributed by atoms with van der Waals surface area (Å²) in [5.41, 5.74) is 8.59. The number of halogens is 2. The Hall–Kier alpha value is -1.38. The minimum absolute atomic E-state index is 0.0561. The van der Waals surface area contributed by atoms with Crippen LogP contribution in [0.15, 0.2) is 18.2 Å². The van der Waals surface area contributed by atoms with Crippen LogP contribution in [0.5, 0.6) is 0 Å². The summed E-state index contributed by atoms with van der Waals surface area (Å²) in [6.45, 7) is 7.57. The van der Waals surface area contributed by atoms with Gasteiger partial charge in [-0.05, 0) is 64.2 Å². The minimum Gasteiger partial charge on any atom is -0.341 e. The largest absolute Gasteiger partial charge is 0.341 e. The fourth-order valence-corrected chi connectivity index (χ4v) is 4.43. The lowest BCUT2D eigenvalue weighted by molar-refractivity contribution is -0.0491. The summed E-state index contributed by atoms with van der Waals surface area (Å²) in [7, 11) is -1.34. The predicted molar refractivity (Wildman–Crippen MR) is 109 cm³/mol. The van der Waals surface area contributed by atoms with Gasteiger partial charge in [0, 0.05) is 18.9 Å². The van der Waals surface area contributed by atoms with Crippen molar-refractivity contribution in [1.29, 1.82) is 0 Å². The average molecular weight is 413 g/mol. The van der Waals surface area contributed by atoms with Gasteiger partial charge in [0.1, 0.15) is 5.82 Å². The monoisotopic (exact) mass is 412 g/mol. The third-order valence-corrected chi connectivity index (χ3v) is 6.95. The molecule has 1 aliphatic rings. The summed E-state index contributed by atoms with van der Waals surface area (Å²) in [6.07, 6.45) is 0.447. The Morgan fingerprint density at radius 2 is 1.96 bits per heavy atom. The van der Waals surface area contributed by atoms with Crippen LogP contribution in [0.2, 0.25) is 0 Å². The van der Waals surface area contributed by atoms with Crippen molar-refractivity contribution in [2.45, 2.75) is 76.1 Å². The Balaban J connectivity index is 1.93. The number of nitrogens with two attached hydrogens (primary N) is 1. The Morgan fingerprint density at radius 3 is 2.54 bits per heavy atom. The number of H-pyrrole nitrogens is 1. The van der Waals surface area contributed by atoms with Gasteiger partial charge < -0.3 is 10.7 Å². The van der Waals surface area contributed by atoms with Crippen molar-refractivity contribution in [2.24, 2.45) is 11.7 Å². The van der Waals surface area contributed by atoms with E-state index < -0.39 is 21.7 Å². The number of aromatic nitrogens is 2. The highest BCUT2D eigenvalue weighted by molar-refractivity contribution is 7.84. The molecular formula is C20H30F2N4OS. The van der Waals surface area contributed by atoms with Crippen molar-refractivity contribution >= 4 is 22.0 Å². The highest BCUT2D eigenvalue weighted by Crippen LogP contribution is 2.41. The molecule has 0 spiro atoms. The molecular weight excluding hydrogens is 382 g/mol. The van der Waals surface area contributed by atoms with E-state index in [2.05, 4.69) is 14.7 Å². The molecule has 1 aromatic heterocycles. The van der Waals surface area contributed by atoms with E-state index in [1.165, 1.54) is 0 Å². The highest BCUT2D eigenvalue weighted by atomic mass is 32.2. The third kappa shape index (κ3) is 4.78. The summed E-state index contributed by atoms with van der Waals surface area (Å²) >= 11 is 0. The summed E-state index contributed by atoms with van der Waals surface area (Å²) in [4.78, 5) is 7.99. The number of hydrogen-bond acceptors (Lipinski definition) is 3. The van der Waals surface area contributed by atoms with Crippen LogP contribution in [0.1, 0.15) is 76.8 Å². The van der Waals surface area contributed by atoms with Gasteiger partial charge in [-0.2, -0.15) is 0 Å². The first-order valence-electron chi connectivity index (χ1n) is 9.77. The van der Waals surface area contributed by atoms with Crippen LogP contribution in [0.4, 0.5) is 8.78 Å². The Kier molecular flexibility index (Phi) is 5.94. The number of nitrogens with one attached hydrogen (secondary N) is 2. The molecule has 0 radical (unpaired) electrons. The molecule has 1 fully saturated rings. The summed E-state index contributed by atoms with van der Waals surface area (Å²) in [5, 5.41) is 0. The molecule has 0 unspecified atom stereocenters. The molecule has 0 saturated heterocycles. The molecule has 8 heteroatoms. The zero-order chi connectivity index (χ0) is 20.7. The number of rotatable bonds is 5. The normalized spacial score (nSPS) is 21.5. The Bertz CT molecular complexity index is 849. The van der Waals surface area contributed by atoms with Crippen molar-refractivity contribution in [3.05, 3.63) is 29.6 Å². The average Bonchev–Trinajstić information content (AvgIpc) is 3.01. The zero-order valence-electron chi connectivity index (χ0n) is 16.9. The number of benzene rings is 1. The second-order valence-corrected chi connectivity index (χ2v) is 10.9. The fraction of sp³-hybridized carbons (Fsp3) is 0.650. The van der Waals surface area contributed by atoms with Crippen molar-refractivity contribution in [1.82, 2.24) is 14.7 Å². The van der Waals surface area contributed by atoms with Crippen LogP contribution in [-0.4, -0.2) is 24.8 Å². The smallest absolute Gasteiger partial charge is 0.248 e. The molecule has 5 nitrogen and oxygen atoms in total. The molecule has 3 atom stereocenters. The standard InChI is InChI=1S/C20H30F2N4OS/c1-12(23)14-5-6-15-16(11-14)25-18(24-15)17(26-28(27)19(2,3)4)13-7-9-20(21,22)10-8-13/h5-6,11-13,17,26H,7-10,23H2,1-4H3,(H,24,25)/t12-,17-,28+/m0/s1. The molecule has 4 N–H and O–H groups in total. The summed E-state index contributed by atoms with van der Waals surface area (Å²) in [6, 6.07) is 5.33. The lowest BCUT2D eigenvalue weighted by atomic mass is 9.82. The first-order valence-corrected chi connectivity index (χ1v) is 10.9. The third-order valence-electron chi connectivity index (χ3n) is 5.37. The van der Waals surface area contributed by atoms with E-state index in [0.29, 0.717) is 18.7 Å². The van der Waals surface area contributed by atoms with Crippen molar-refractivity contribution < 1.29 is 13.0 Å². The number of imidazole rings is 1. The van der Waals surface area contributed by atoms with Crippen molar-refractivity contribution in [2.75, 3.05) is 0 Å². The fourth-order valence-electron chi connectivity index (χ4n) is 3.54. The van der Waals surface area contributed by atoms with Gasteiger partial charge in [0.15, 0.2) is 0 Å². The van der Waals surface area contributed by atoms with Crippen LogP contribution >= 0.6 is 0 Å². The maximum absolute atomic E-state index is 13.7. The second kappa shape index (κ2) is 7.80. The van der Waals surface area contributed by atoms with Gasteiger partial charge >= 0.3 is 0 Å². The maximum atomic E-state index is 13.7. The molecule has 28 heavy (non-hydrogen) atoms. The van der Waals surface area contributed by atoms with Gasteiger partial charge in [0.2, 0.25) is 5.92 Å². The lowest BCUT2D eigenvalue weighted by Crippen LogP contribution is -2.40. The zero-order valence-corrected chi connectivity index (χ0v) is 17.7. The van der Waals surface area contributed by atoms with Crippen molar-refractivity contribution in [3.63, 3.8) is 0 Å². The molecule has 3 rings (SSSR count). The van der Waals surface area contributed by atoms with Crippen LogP contribution in [0.25, 0.3) is 11.0 Å². The number of aromatic amines is 1. The van der Waals surface area contributed by atoms with Gasteiger partial charge in [-0.1, -0.05) is 6.07 Å². The molecule has 1 heterocycles. The van der Waals surface area contributed by atoms with Crippen LogP contribution in [0.3, 0.4) is 0 Å². The summed E-state index contributed by atoms with van der Waals surface area (Å²) < 4.78 is 42.8. The van der Waals surface area contributed by atoms with Crippen molar-refractivity contribution in [3.8, 4) is 0 Å². The van der Waals surface area contributed by atoms with Crippen LogP contribution < -0.4 is 10.5 Å². The maximum Gasteiger partial charge on any atom is 0.248 e. The Morgan fingerprint density at radius 1 is 1.32 bits per heavy atom. The number of hydrogen-bond donors (Lipinski definition) is 3. The molecule has 1 saturated carbocycles. The van der Waals surface area contributed by atoms with Gasteiger partial charge in [0.25, 0.3) is 0 Å². The quantitative estimate of drug-likeness (QED) is 0.676. The lowest BCUT2D eigenvalue weighted by Gasteiger charge is -2.34. The Labute approximate surface area is 167 Å². The number of nitrogens with zero attached hydrogens (tertiary/aromatic N) is 1. The summed E-state index contributed by atoms with van der Waals surface area (Å²) in [5.74, 6) is -2.02. The van der Waals surface area contributed by atoms with Gasteiger partial charge in [0.05, 0.1) is 32.8 Å². The van der Waals surface area contributed by atoms with Crippen LogP contribution in [0, 0.1) is 5.92 Å². The second-order valence-electron chi connectivity index (χ2n) is 8.86. The molecule has 2 aromatic rings. The topological polar surface area (TPSA) is 83.8 Å². The number of fused-ring (bicyclic) bond motifs is 1. The van der Waals surface area contributed by atoms with Gasteiger partial charge in [-0.25, -0.2) is 22.7 Å². The molecule has 0 aliphatic heterocycles. The highest BCUT2D eigenvalue weighted by Gasteiger charge is 2.40. The van der Waals surface area contributed by atoms with E-state index >= 15 is 0 Å². The molecule has 156 valence electrons. The van der Waals surface area contributed by atoms with Gasteiger partial charge in [-0.3, -0.25) is 0 Å². The predicted octanol–water partition coefficient (Wildman–Crippen LogP) is 4.50. The number of alkyl halides is 2. The SMILES string of the molecule is C[C@H](N)c1ccc2nc([C@@H](N[S@](=O)C(C)(C)C)C3CCC(F)(F)CC3)[nH]c2c1. The van der Waals surface area contributed by atoms with Crippen LogP contribution in [-0.2, 0) is 11.0 Å². The molecule has 0 bridgehead atoms. The van der Waals surface area contributed by atoms with Gasteiger partial charge in [-0.15, -0.1) is 0 Å². The molecule has 1 aliphatic carbocycles. The minimum atomic E-state index is -2.61. The first kappa shape index (κ1) is 21.3. The van der Waals surface area contributed by atoms with E-state index in [0.717, 1.165) is 16.6 Å². The van der Waals surface area contributed by atoms with E-state index in [1.807, 2.05) is 45.9 Å². The molecule has 1 aromatic carbocycles. The van der Waals surface area contributed by atoms with E-state index in [9.17, 15) is 13.0 Å².